The van der Waals surface area contributed by atoms with Gasteiger partial charge in [-0.05, 0) is 53.8 Å². The van der Waals surface area contributed by atoms with E-state index in [2.05, 4.69) is 10.5 Å². The Kier molecular flexibility index (Phi) is 4.91. The van der Waals surface area contributed by atoms with Crippen molar-refractivity contribution in [2.45, 2.75) is 20.0 Å². The number of hydrazone groups is 1. The zero-order valence-electron chi connectivity index (χ0n) is 13.5. The van der Waals surface area contributed by atoms with Gasteiger partial charge in [0.25, 0.3) is 5.91 Å². The van der Waals surface area contributed by atoms with Gasteiger partial charge in [0.15, 0.2) is 6.10 Å². The molecule has 1 atom stereocenters. The molecule has 2 aromatic carbocycles. The van der Waals surface area contributed by atoms with Crippen LogP contribution in [0.1, 0.15) is 17.4 Å². The molecular weight excluding hydrogens is 320 g/mol. The minimum atomic E-state index is -0.632. The van der Waals surface area contributed by atoms with Crippen molar-refractivity contribution in [3.8, 4) is 5.75 Å². The van der Waals surface area contributed by atoms with Crippen LogP contribution < -0.4 is 10.2 Å². The van der Waals surface area contributed by atoms with Crippen LogP contribution >= 0.6 is 11.3 Å². The quantitative estimate of drug-likeness (QED) is 0.562. The summed E-state index contributed by atoms with van der Waals surface area (Å²) < 4.78 is 5.71. The smallest absolute Gasteiger partial charge is 0.280 e. The summed E-state index contributed by atoms with van der Waals surface area (Å²) in [7, 11) is 0. The Balaban J connectivity index is 1.60. The van der Waals surface area contributed by atoms with Crippen molar-refractivity contribution < 1.29 is 9.53 Å². The largest absolute Gasteiger partial charge is 0.481 e. The number of hydrogen-bond acceptors (Lipinski definition) is 4. The molecule has 0 aliphatic rings. The molecule has 4 nitrogen and oxygen atoms in total. The summed E-state index contributed by atoms with van der Waals surface area (Å²) in [5, 5.41) is 8.20. The van der Waals surface area contributed by atoms with Crippen molar-refractivity contribution in [2.24, 2.45) is 5.10 Å². The van der Waals surface area contributed by atoms with Crippen LogP contribution in [-0.4, -0.2) is 18.2 Å². The average Bonchev–Trinajstić information content (AvgIpc) is 2.99. The van der Waals surface area contributed by atoms with Crippen molar-refractivity contribution in [1.82, 2.24) is 5.43 Å². The topological polar surface area (TPSA) is 50.7 Å². The fourth-order valence-electron chi connectivity index (χ4n) is 2.26. The number of fused-ring (bicyclic) bond motifs is 1. The number of hydrogen-bond donors (Lipinski definition) is 1. The van der Waals surface area contributed by atoms with E-state index in [1.165, 1.54) is 0 Å². The molecule has 0 fully saturated rings. The molecule has 0 saturated carbocycles. The molecule has 1 heterocycles. The maximum Gasteiger partial charge on any atom is 0.280 e. The number of carbonyl (C=O) groups excluding carboxylic acids is 1. The second kappa shape index (κ2) is 7.27. The number of rotatable bonds is 5. The molecule has 0 bridgehead atoms. The lowest BCUT2D eigenvalue weighted by Crippen LogP contribution is -2.33. The number of carbonyl (C=O) groups is 1. The summed E-state index contributed by atoms with van der Waals surface area (Å²) in [6, 6.07) is 15.8. The van der Waals surface area contributed by atoms with Gasteiger partial charge in [-0.1, -0.05) is 30.3 Å². The summed E-state index contributed by atoms with van der Waals surface area (Å²) in [6.07, 6.45) is 1.02. The van der Waals surface area contributed by atoms with Crippen molar-refractivity contribution in [3.63, 3.8) is 0 Å². The Morgan fingerprint density at radius 2 is 2.00 bits per heavy atom. The van der Waals surface area contributed by atoms with Gasteiger partial charge in [0.2, 0.25) is 0 Å². The Morgan fingerprint density at radius 3 is 2.75 bits per heavy atom. The summed E-state index contributed by atoms with van der Waals surface area (Å²) in [4.78, 5) is 13.1. The highest BCUT2D eigenvalue weighted by molar-refractivity contribution is 7.11. The van der Waals surface area contributed by atoms with Gasteiger partial charge >= 0.3 is 0 Å². The normalized spacial score (nSPS) is 12.4. The van der Waals surface area contributed by atoms with Gasteiger partial charge in [-0.15, -0.1) is 11.3 Å². The fraction of sp³-hybridized carbons (Fsp3) is 0.158. The molecule has 0 radical (unpaired) electrons. The second-order valence-corrected chi connectivity index (χ2v) is 6.42. The Labute approximate surface area is 144 Å². The number of nitrogens with zero attached hydrogens (tertiary/aromatic N) is 1. The highest BCUT2D eigenvalue weighted by atomic mass is 32.1. The van der Waals surface area contributed by atoms with Gasteiger partial charge in [-0.2, -0.15) is 5.10 Å². The third kappa shape index (κ3) is 3.81. The van der Waals surface area contributed by atoms with Gasteiger partial charge in [0, 0.05) is 4.88 Å². The van der Waals surface area contributed by atoms with Gasteiger partial charge in [-0.3, -0.25) is 4.79 Å². The van der Waals surface area contributed by atoms with Crippen LogP contribution in [-0.2, 0) is 4.79 Å². The Bertz CT molecular complexity index is 886. The van der Waals surface area contributed by atoms with Gasteiger partial charge in [0.05, 0.1) is 6.21 Å². The lowest BCUT2D eigenvalue weighted by molar-refractivity contribution is -0.127. The lowest BCUT2D eigenvalue weighted by Gasteiger charge is -2.13. The number of benzene rings is 2. The molecule has 0 spiro atoms. The van der Waals surface area contributed by atoms with Crippen molar-refractivity contribution >= 4 is 34.2 Å². The molecule has 1 aromatic heterocycles. The summed E-state index contributed by atoms with van der Waals surface area (Å²) in [5.74, 6) is 0.378. The minimum Gasteiger partial charge on any atom is -0.481 e. The Morgan fingerprint density at radius 1 is 1.21 bits per heavy atom. The molecule has 3 aromatic rings. The van der Waals surface area contributed by atoms with Crippen LogP contribution in [0.4, 0.5) is 0 Å². The molecule has 5 heteroatoms. The Hall–Kier alpha value is -2.66. The summed E-state index contributed by atoms with van der Waals surface area (Å²) in [5.41, 5.74) is 3.65. The van der Waals surface area contributed by atoms with Crippen LogP contribution in [0.3, 0.4) is 0 Å². The highest BCUT2D eigenvalue weighted by Gasteiger charge is 2.14. The van der Waals surface area contributed by atoms with E-state index in [9.17, 15) is 4.79 Å². The minimum absolute atomic E-state index is 0.284. The molecular formula is C19H18N2O2S. The second-order valence-electron chi connectivity index (χ2n) is 5.47. The predicted octanol–water partition coefficient (Wildman–Crippen LogP) is 4.13. The van der Waals surface area contributed by atoms with Crippen LogP contribution in [0, 0.1) is 6.92 Å². The molecule has 1 amide bonds. The standard InChI is InChI=1S/C19H18N2O2S/c1-13-9-10-24-18(13)12-20-21-19(22)14(2)23-17-8-7-15-5-3-4-6-16(15)11-17/h3-12,14H,1-2H3,(H,21,22). The van der Waals surface area contributed by atoms with E-state index in [1.807, 2.05) is 60.8 Å². The molecule has 0 aliphatic carbocycles. The maximum atomic E-state index is 12.1. The summed E-state index contributed by atoms with van der Waals surface area (Å²) >= 11 is 1.58. The first kappa shape index (κ1) is 16.2. The maximum absolute atomic E-state index is 12.1. The number of ether oxygens (including phenoxy) is 1. The number of thiophene rings is 1. The molecule has 0 aliphatic heterocycles. The first-order valence-corrected chi connectivity index (χ1v) is 8.54. The average molecular weight is 338 g/mol. The third-order valence-electron chi connectivity index (χ3n) is 3.66. The molecule has 1 N–H and O–H groups in total. The van der Waals surface area contributed by atoms with Crippen molar-refractivity contribution in [2.75, 3.05) is 0 Å². The van der Waals surface area contributed by atoms with E-state index in [0.29, 0.717) is 5.75 Å². The van der Waals surface area contributed by atoms with Crippen LogP contribution in [0.25, 0.3) is 10.8 Å². The van der Waals surface area contributed by atoms with E-state index in [0.717, 1.165) is 21.2 Å². The van der Waals surface area contributed by atoms with Crippen molar-refractivity contribution in [1.29, 1.82) is 0 Å². The fourth-order valence-corrected chi connectivity index (χ4v) is 3.05. The van der Waals surface area contributed by atoms with E-state index in [4.69, 9.17) is 4.74 Å². The molecule has 1 unspecified atom stereocenters. The van der Waals surface area contributed by atoms with Crippen LogP contribution in [0.2, 0.25) is 0 Å². The third-order valence-corrected chi connectivity index (χ3v) is 4.61. The number of amides is 1. The predicted molar refractivity (Wildman–Crippen MR) is 98.8 cm³/mol. The molecule has 122 valence electrons. The van der Waals surface area contributed by atoms with E-state index in [1.54, 1.807) is 24.5 Å². The first-order chi connectivity index (χ1) is 11.6. The SMILES string of the molecule is Cc1ccsc1C=NNC(=O)C(C)Oc1ccc2ccccc2c1. The van der Waals surface area contributed by atoms with Gasteiger partial charge in [-0.25, -0.2) is 5.43 Å². The monoisotopic (exact) mass is 338 g/mol. The first-order valence-electron chi connectivity index (χ1n) is 7.66. The zero-order valence-corrected chi connectivity index (χ0v) is 14.3. The molecule has 3 rings (SSSR count). The molecule has 0 saturated heterocycles. The van der Waals surface area contributed by atoms with Crippen LogP contribution in [0.15, 0.2) is 59.0 Å². The van der Waals surface area contributed by atoms with Crippen molar-refractivity contribution in [3.05, 3.63) is 64.4 Å². The van der Waals surface area contributed by atoms with E-state index < -0.39 is 6.10 Å². The highest BCUT2D eigenvalue weighted by Crippen LogP contribution is 2.21. The van der Waals surface area contributed by atoms with Gasteiger partial charge in [0.1, 0.15) is 5.75 Å². The van der Waals surface area contributed by atoms with Gasteiger partial charge < -0.3 is 4.74 Å². The number of nitrogens with one attached hydrogen (secondary N) is 1. The van der Waals surface area contributed by atoms with Crippen LogP contribution in [0.5, 0.6) is 5.75 Å². The zero-order chi connectivity index (χ0) is 16.9. The summed E-state index contributed by atoms with van der Waals surface area (Å²) in [6.45, 7) is 3.71. The number of aryl methyl sites for hydroxylation is 1. The van der Waals surface area contributed by atoms with E-state index in [-0.39, 0.29) is 5.91 Å². The lowest BCUT2D eigenvalue weighted by atomic mass is 10.1. The van der Waals surface area contributed by atoms with E-state index >= 15 is 0 Å². The molecule has 24 heavy (non-hydrogen) atoms.